The van der Waals surface area contributed by atoms with E-state index < -0.39 is 0 Å². The Morgan fingerprint density at radius 2 is 1.77 bits per heavy atom. The van der Waals surface area contributed by atoms with Crippen LogP contribution in [0.2, 0.25) is 0 Å². The first kappa shape index (κ1) is 14.5. The number of rotatable bonds is 2. The maximum atomic E-state index is 5.46. The third-order valence-corrected chi connectivity index (χ3v) is 3.63. The molecule has 0 radical (unpaired) electrons. The Morgan fingerprint density at radius 3 is 2.45 bits per heavy atom. The van der Waals surface area contributed by atoms with Crippen LogP contribution in [0.1, 0.15) is 0 Å². The lowest BCUT2D eigenvalue weighted by molar-refractivity contribution is 0.0674. The average Bonchev–Trinajstić information content (AvgIpc) is 2.61. The SMILES string of the molecule is CN(C(=Nc1ccccc1)N1CCOCC1)c1ccncc1. The van der Waals surface area contributed by atoms with Crippen LogP contribution in [0.25, 0.3) is 0 Å². The summed E-state index contributed by atoms with van der Waals surface area (Å²) in [7, 11) is 2.03. The van der Waals surface area contributed by atoms with Gasteiger partial charge in [0, 0.05) is 38.2 Å². The number of aromatic nitrogens is 1. The van der Waals surface area contributed by atoms with Crippen molar-refractivity contribution in [2.45, 2.75) is 0 Å². The molecule has 0 N–H and O–H groups in total. The van der Waals surface area contributed by atoms with Gasteiger partial charge in [-0.1, -0.05) is 18.2 Å². The molecular weight excluding hydrogens is 276 g/mol. The van der Waals surface area contributed by atoms with E-state index in [-0.39, 0.29) is 0 Å². The van der Waals surface area contributed by atoms with Crippen LogP contribution in [-0.2, 0) is 4.74 Å². The van der Waals surface area contributed by atoms with Gasteiger partial charge in [-0.3, -0.25) is 4.98 Å². The predicted octanol–water partition coefficient (Wildman–Crippen LogP) is 2.54. The van der Waals surface area contributed by atoms with E-state index >= 15 is 0 Å². The molecule has 1 saturated heterocycles. The summed E-state index contributed by atoms with van der Waals surface area (Å²) in [5, 5.41) is 0. The largest absolute Gasteiger partial charge is 0.378 e. The molecule has 0 amide bonds. The molecule has 1 aromatic heterocycles. The third kappa shape index (κ3) is 3.43. The van der Waals surface area contributed by atoms with Gasteiger partial charge in [0.2, 0.25) is 5.96 Å². The van der Waals surface area contributed by atoms with Crippen LogP contribution in [0.5, 0.6) is 0 Å². The van der Waals surface area contributed by atoms with Crippen molar-refractivity contribution in [3.63, 3.8) is 0 Å². The number of nitrogens with zero attached hydrogens (tertiary/aromatic N) is 4. The summed E-state index contributed by atoms with van der Waals surface area (Å²) >= 11 is 0. The number of hydrogen-bond donors (Lipinski definition) is 0. The highest BCUT2D eigenvalue weighted by atomic mass is 16.5. The van der Waals surface area contributed by atoms with Gasteiger partial charge in [0.25, 0.3) is 0 Å². The minimum Gasteiger partial charge on any atom is -0.378 e. The van der Waals surface area contributed by atoms with E-state index in [4.69, 9.17) is 9.73 Å². The van der Waals surface area contributed by atoms with Crippen molar-refractivity contribution in [3.05, 3.63) is 54.9 Å². The van der Waals surface area contributed by atoms with E-state index in [1.54, 1.807) is 12.4 Å². The monoisotopic (exact) mass is 296 g/mol. The summed E-state index contributed by atoms with van der Waals surface area (Å²) in [6.45, 7) is 3.16. The minimum atomic E-state index is 0.734. The third-order valence-electron chi connectivity index (χ3n) is 3.63. The first-order valence-corrected chi connectivity index (χ1v) is 7.45. The van der Waals surface area contributed by atoms with Crippen molar-refractivity contribution >= 4 is 17.3 Å². The van der Waals surface area contributed by atoms with Gasteiger partial charge in [0.05, 0.1) is 18.9 Å². The summed E-state index contributed by atoms with van der Waals surface area (Å²) in [4.78, 5) is 13.3. The Balaban J connectivity index is 1.93. The van der Waals surface area contributed by atoms with Crippen LogP contribution >= 0.6 is 0 Å². The predicted molar refractivity (Wildman–Crippen MR) is 88.6 cm³/mol. The molecule has 5 nitrogen and oxygen atoms in total. The summed E-state index contributed by atoms with van der Waals surface area (Å²) in [5.41, 5.74) is 2.01. The molecule has 5 heteroatoms. The molecule has 1 aromatic carbocycles. The van der Waals surface area contributed by atoms with Gasteiger partial charge in [-0.15, -0.1) is 0 Å². The molecule has 0 saturated carbocycles. The number of ether oxygens (including phenoxy) is 1. The van der Waals surface area contributed by atoms with E-state index in [1.807, 2.05) is 49.5 Å². The molecule has 0 aliphatic carbocycles. The molecule has 1 fully saturated rings. The molecule has 2 heterocycles. The van der Waals surface area contributed by atoms with Gasteiger partial charge in [-0.05, 0) is 24.3 Å². The van der Waals surface area contributed by atoms with E-state index in [0.717, 1.165) is 43.6 Å². The number of guanidine groups is 1. The van der Waals surface area contributed by atoms with Crippen molar-refractivity contribution in [3.8, 4) is 0 Å². The molecular formula is C17H20N4O. The number of hydrogen-bond acceptors (Lipinski definition) is 3. The zero-order valence-electron chi connectivity index (χ0n) is 12.7. The summed E-state index contributed by atoms with van der Waals surface area (Å²) in [6.07, 6.45) is 3.59. The highest BCUT2D eigenvalue weighted by Gasteiger charge is 2.19. The fraction of sp³-hybridized carbons (Fsp3) is 0.294. The van der Waals surface area contributed by atoms with Crippen molar-refractivity contribution in [1.29, 1.82) is 0 Å². The van der Waals surface area contributed by atoms with Crippen LogP contribution in [-0.4, -0.2) is 49.2 Å². The maximum Gasteiger partial charge on any atom is 0.206 e. The topological polar surface area (TPSA) is 41.0 Å². The standard InChI is InChI=1S/C17H20N4O/c1-20(16-7-9-18-10-8-16)17(21-11-13-22-14-12-21)19-15-5-3-2-4-6-15/h2-10H,11-14H2,1H3. The summed E-state index contributed by atoms with van der Waals surface area (Å²) in [6, 6.07) is 14.0. The minimum absolute atomic E-state index is 0.734. The maximum absolute atomic E-state index is 5.46. The molecule has 1 aliphatic rings. The highest BCUT2D eigenvalue weighted by molar-refractivity contribution is 5.97. The van der Waals surface area contributed by atoms with Gasteiger partial charge >= 0.3 is 0 Å². The quantitative estimate of drug-likeness (QED) is 0.631. The van der Waals surface area contributed by atoms with Gasteiger partial charge in [-0.25, -0.2) is 4.99 Å². The Labute approximate surface area is 130 Å². The Bertz CT molecular complexity index is 609. The first-order valence-electron chi connectivity index (χ1n) is 7.45. The second-order valence-electron chi connectivity index (χ2n) is 5.11. The fourth-order valence-electron chi connectivity index (χ4n) is 2.42. The number of para-hydroxylation sites is 1. The average molecular weight is 296 g/mol. The number of aliphatic imine (C=N–C) groups is 1. The van der Waals surface area contributed by atoms with Crippen molar-refractivity contribution in [2.24, 2.45) is 4.99 Å². The van der Waals surface area contributed by atoms with Crippen molar-refractivity contribution < 1.29 is 4.74 Å². The van der Waals surface area contributed by atoms with E-state index in [2.05, 4.69) is 14.8 Å². The van der Waals surface area contributed by atoms with Crippen molar-refractivity contribution in [1.82, 2.24) is 9.88 Å². The molecule has 114 valence electrons. The number of morpholine rings is 1. The molecule has 0 bridgehead atoms. The van der Waals surface area contributed by atoms with Crippen LogP contribution in [0.15, 0.2) is 59.9 Å². The summed E-state index contributed by atoms with van der Waals surface area (Å²) in [5.74, 6) is 0.931. The normalized spacial score (nSPS) is 15.7. The molecule has 0 spiro atoms. The second-order valence-corrected chi connectivity index (χ2v) is 5.11. The Hall–Kier alpha value is -2.40. The lowest BCUT2D eigenvalue weighted by atomic mass is 10.3. The summed E-state index contributed by atoms with van der Waals surface area (Å²) < 4.78 is 5.46. The molecule has 0 atom stereocenters. The first-order chi connectivity index (χ1) is 10.8. The number of anilines is 1. The Morgan fingerprint density at radius 1 is 1.09 bits per heavy atom. The molecule has 2 aromatic rings. The second kappa shape index (κ2) is 7.04. The lowest BCUT2D eigenvalue weighted by Crippen LogP contribution is -2.48. The zero-order chi connectivity index (χ0) is 15.2. The molecule has 22 heavy (non-hydrogen) atoms. The zero-order valence-corrected chi connectivity index (χ0v) is 12.7. The molecule has 0 unspecified atom stereocenters. The van der Waals surface area contributed by atoms with Gasteiger partial charge < -0.3 is 14.5 Å². The van der Waals surface area contributed by atoms with E-state index in [9.17, 15) is 0 Å². The van der Waals surface area contributed by atoms with Gasteiger partial charge in [-0.2, -0.15) is 0 Å². The van der Waals surface area contributed by atoms with Crippen LogP contribution in [0.3, 0.4) is 0 Å². The number of pyridine rings is 1. The van der Waals surface area contributed by atoms with Gasteiger partial charge in [0.1, 0.15) is 0 Å². The van der Waals surface area contributed by atoms with Gasteiger partial charge in [0.15, 0.2) is 0 Å². The van der Waals surface area contributed by atoms with Crippen LogP contribution in [0.4, 0.5) is 11.4 Å². The molecule has 1 aliphatic heterocycles. The molecule has 3 rings (SSSR count). The van der Waals surface area contributed by atoms with Crippen LogP contribution in [0, 0.1) is 0 Å². The van der Waals surface area contributed by atoms with Crippen LogP contribution < -0.4 is 4.90 Å². The highest BCUT2D eigenvalue weighted by Crippen LogP contribution is 2.18. The number of benzene rings is 1. The lowest BCUT2D eigenvalue weighted by Gasteiger charge is -2.34. The van der Waals surface area contributed by atoms with E-state index in [1.165, 1.54) is 0 Å². The van der Waals surface area contributed by atoms with E-state index in [0.29, 0.717) is 0 Å². The fourth-order valence-corrected chi connectivity index (χ4v) is 2.42. The smallest absolute Gasteiger partial charge is 0.206 e. The van der Waals surface area contributed by atoms with Crippen molar-refractivity contribution in [2.75, 3.05) is 38.3 Å². The Kier molecular flexibility index (Phi) is 4.65.